The molecule has 6 heteroatoms. The van der Waals surface area contributed by atoms with Gasteiger partial charge in [0.05, 0.1) is 0 Å². The number of hydrogen-bond acceptors (Lipinski definition) is 5. The standard InChI is InChI=1S/C18H29N5O/c1-2-5-15-10-17(22-21-15)18(24)20-16-7-4-9-23(13-16)12-14-6-3-8-19-11-14/h3,6,8,11,15-17,21-22H,2,4-5,7,9-10,12-13H2,1H3,(H,20,24). The maximum atomic E-state index is 12.5. The number of hydrogen-bond donors (Lipinski definition) is 3. The summed E-state index contributed by atoms with van der Waals surface area (Å²) in [7, 11) is 0. The Bertz CT molecular complexity index is 523. The summed E-state index contributed by atoms with van der Waals surface area (Å²) in [6, 6.07) is 4.64. The largest absolute Gasteiger partial charge is 0.351 e. The zero-order chi connectivity index (χ0) is 16.8. The minimum atomic E-state index is -0.102. The minimum absolute atomic E-state index is 0.102. The Labute approximate surface area is 144 Å². The van der Waals surface area contributed by atoms with Crippen LogP contribution in [0, 0.1) is 0 Å². The van der Waals surface area contributed by atoms with E-state index in [4.69, 9.17) is 0 Å². The molecule has 132 valence electrons. The summed E-state index contributed by atoms with van der Waals surface area (Å²) in [5, 5.41) is 3.24. The van der Waals surface area contributed by atoms with Gasteiger partial charge in [-0.05, 0) is 43.9 Å². The second kappa shape index (κ2) is 8.55. The molecule has 2 aliphatic rings. The van der Waals surface area contributed by atoms with Crippen molar-refractivity contribution in [3.05, 3.63) is 30.1 Å². The Kier molecular flexibility index (Phi) is 6.18. The predicted octanol–water partition coefficient (Wildman–Crippen LogP) is 1.20. The van der Waals surface area contributed by atoms with Crippen molar-refractivity contribution in [3.63, 3.8) is 0 Å². The number of aromatic nitrogens is 1. The lowest BCUT2D eigenvalue weighted by molar-refractivity contribution is -0.124. The molecule has 2 aliphatic heterocycles. The molecule has 3 unspecified atom stereocenters. The number of rotatable bonds is 6. The molecule has 0 saturated carbocycles. The van der Waals surface area contributed by atoms with Crippen LogP contribution >= 0.6 is 0 Å². The summed E-state index contributed by atoms with van der Waals surface area (Å²) >= 11 is 0. The van der Waals surface area contributed by atoms with E-state index < -0.39 is 0 Å². The first-order valence-corrected chi connectivity index (χ1v) is 9.17. The van der Waals surface area contributed by atoms with Gasteiger partial charge >= 0.3 is 0 Å². The molecule has 1 aromatic heterocycles. The van der Waals surface area contributed by atoms with Crippen LogP contribution in [-0.4, -0.2) is 47.0 Å². The van der Waals surface area contributed by atoms with Crippen molar-refractivity contribution in [2.45, 2.75) is 63.7 Å². The number of pyridine rings is 1. The molecule has 2 fully saturated rings. The van der Waals surface area contributed by atoms with Crippen molar-refractivity contribution >= 4 is 5.91 Å². The maximum absolute atomic E-state index is 12.5. The van der Waals surface area contributed by atoms with Crippen molar-refractivity contribution in [1.29, 1.82) is 0 Å². The van der Waals surface area contributed by atoms with E-state index in [9.17, 15) is 4.79 Å². The SMILES string of the molecule is CCCC1CC(C(=O)NC2CCCN(Cc3cccnc3)C2)NN1. The number of likely N-dealkylation sites (tertiary alicyclic amines) is 1. The van der Waals surface area contributed by atoms with Crippen LogP contribution in [0.25, 0.3) is 0 Å². The molecule has 0 radical (unpaired) electrons. The smallest absolute Gasteiger partial charge is 0.238 e. The highest BCUT2D eigenvalue weighted by Gasteiger charge is 2.30. The van der Waals surface area contributed by atoms with Gasteiger partial charge in [0.25, 0.3) is 0 Å². The monoisotopic (exact) mass is 331 g/mol. The molecule has 3 atom stereocenters. The zero-order valence-corrected chi connectivity index (χ0v) is 14.5. The van der Waals surface area contributed by atoms with Crippen LogP contribution in [0.3, 0.4) is 0 Å². The molecule has 2 saturated heterocycles. The van der Waals surface area contributed by atoms with Crippen molar-refractivity contribution in [3.8, 4) is 0 Å². The number of piperidine rings is 1. The summed E-state index contributed by atoms with van der Waals surface area (Å²) < 4.78 is 0. The van der Waals surface area contributed by atoms with Crippen LogP contribution in [-0.2, 0) is 11.3 Å². The highest BCUT2D eigenvalue weighted by Crippen LogP contribution is 2.15. The van der Waals surface area contributed by atoms with Gasteiger partial charge in [0.2, 0.25) is 5.91 Å². The first-order chi connectivity index (χ1) is 11.7. The Balaban J connectivity index is 1.46. The second-order valence-corrected chi connectivity index (χ2v) is 7.01. The lowest BCUT2D eigenvalue weighted by atomic mass is 10.0. The number of hydrazine groups is 1. The first-order valence-electron chi connectivity index (χ1n) is 9.17. The molecule has 0 aromatic carbocycles. The molecule has 24 heavy (non-hydrogen) atoms. The summed E-state index contributed by atoms with van der Waals surface area (Å²) in [5.41, 5.74) is 7.62. The number of carbonyl (C=O) groups is 1. The normalized spacial score (nSPS) is 28.0. The van der Waals surface area contributed by atoms with E-state index >= 15 is 0 Å². The topological polar surface area (TPSA) is 69.3 Å². The number of amides is 1. The average molecular weight is 331 g/mol. The molecular weight excluding hydrogens is 302 g/mol. The zero-order valence-electron chi connectivity index (χ0n) is 14.5. The van der Waals surface area contributed by atoms with Gasteiger partial charge in [0.15, 0.2) is 0 Å². The summed E-state index contributed by atoms with van der Waals surface area (Å²) in [6.45, 7) is 5.08. The molecule has 6 nitrogen and oxygen atoms in total. The van der Waals surface area contributed by atoms with E-state index in [2.05, 4.69) is 39.0 Å². The van der Waals surface area contributed by atoms with Crippen molar-refractivity contribution < 1.29 is 4.79 Å². The Morgan fingerprint density at radius 3 is 3.17 bits per heavy atom. The molecule has 0 aliphatic carbocycles. The fourth-order valence-electron chi connectivity index (χ4n) is 3.70. The van der Waals surface area contributed by atoms with Crippen LogP contribution < -0.4 is 16.2 Å². The van der Waals surface area contributed by atoms with E-state index in [0.29, 0.717) is 6.04 Å². The number of nitrogens with one attached hydrogen (secondary N) is 3. The van der Waals surface area contributed by atoms with Crippen LogP contribution in [0.4, 0.5) is 0 Å². The number of nitrogens with zero attached hydrogens (tertiary/aromatic N) is 2. The molecule has 0 bridgehead atoms. The van der Waals surface area contributed by atoms with Gasteiger partial charge in [0.1, 0.15) is 6.04 Å². The fourth-order valence-corrected chi connectivity index (χ4v) is 3.70. The number of carbonyl (C=O) groups excluding carboxylic acids is 1. The third kappa shape index (κ3) is 4.75. The van der Waals surface area contributed by atoms with Crippen LogP contribution in [0.5, 0.6) is 0 Å². The lowest BCUT2D eigenvalue weighted by Crippen LogP contribution is -2.52. The van der Waals surface area contributed by atoms with Gasteiger partial charge < -0.3 is 5.32 Å². The van der Waals surface area contributed by atoms with E-state index in [0.717, 1.165) is 51.7 Å². The van der Waals surface area contributed by atoms with Gasteiger partial charge in [-0.25, -0.2) is 5.43 Å². The third-order valence-corrected chi connectivity index (χ3v) is 4.92. The van der Waals surface area contributed by atoms with E-state index in [1.54, 1.807) is 6.20 Å². The predicted molar refractivity (Wildman–Crippen MR) is 94.1 cm³/mol. The fraction of sp³-hybridized carbons (Fsp3) is 0.667. The van der Waals surface area contributed by atoms with Gasteiger partial charge in [-0.15, -0.1) is 0 Å². The van der Waals surface area contributed by atoms with E-state index in [1.165, 1.54) is 5.56 Å². The summed E-state index contributed by atoms with van der Waals surface area (Å²) in [5.74, 6) is 0.134. The van der Waals surface area contributed by atoms with Crippen molar-refractivity contribution in [2.75, 3.05) is 13.1 Å². The van der Waals surface area contributed by atoms with Crippen LogP contribution in [0.2, 0.25) is 0 Å². The van der Waals surface area contributed by atoms with Gasteiger partial charge in [-0.3, -0.25) is 20.1 Å². The van der Waals surface area contributed by atoms with Crippen molar-refractivity contribution in [1.82, 2.24) is 26.1 Å². The lowest BCUT2D eigenvalue weighted by Gasteiger charge is -2.33. The molecule has 1 amide bonds. The Hall–Kier alpha value is -1.50. The van der Waals surface area contributed by atoms with Crippen LogP contribution in [0.1, 0.15) is 44.6 Å². The summed E-state index contributed by atoms with van der Waals surface area (Å²) in [4.78, 5) is 19.1. The molecular formula is C18H29N5O. The molecule has 3 heterocycles. The van der Waals surface area contributed by atoms with Gasteiger partial charge in [0, 0.05) is 37.6 Å². The molecule has 0 spiro atoms. The quantitative estimate of drug-likeness (QED) is 0.731. The Morgan fingerprint density at radius 1 is 1.46 bits per heavy atom. The van der Waals surface area contributed by atoms with Crippen LogP contribution in [0.15, 0.2) is 24.5 Å². The van der Waals surface area contributed by atoms with E-state index in [1.807, 2.05) is 12.3 Å². The average Bonchev–Trinajstić information content (AvgIpc) is 3.05. The third-order valence-electron chi connectivity index (χ3n) is 4.92. The second-order valence-electron chi connectivity index (χ2n) is 7.01. The van der Waals surface area contributed by atoms with Gasteiger partial charge in [-0.2, -0.15) is 0 Å². The highest BCUT2D eigenvalue weighted by atomic mass is 16.2. The van der Waals surface area contributed by atoms with Crippen molar-refractivity contribution in [2.24, 2.45) is 0 Å². The first kappa shape index (κ1) is 17.3. The minimum Gasteiger partial charge on any atom is -0.351 e. The highest BCUT2D eigenvalue weighted by molar-refractivity contribution is 5.82. The summed E-state index contributed by atoms with van der Waals surface area (Å²) in [6.07, 6.45) is 9.04. The maximum Gasteiger partial charge on any atom is 0.238 e. The van der Waals surface area contributed by atoms with Gasteiger partial charge in [-0.1, -0.05) is 19.4 Å². The molecule has 3 rings (SSSR count). The molecule has 3 N–H and O–H groups in total. The Morgan fingerprint density at radius 2 is 2.38 bits per heavy atom. The van der Waals surface area contributed by atoms with E-state index in [-0.39, 0.29) is 18.0 Å². The molecule has 1 aromatic rings.